The molecular formula is C10H10ClN. The van der Waals surface area contributed by atoms with E-state index < -0.39 is 0 Å². The molecule has 1 aliphatic heterocycles. The number of hydrogen-bond donors (Lipinski definition) is 0. The van der Waals surface area contributed by atoms with Crippen molar-refractivity contribution in [1.29, 1.82) is 0 Å². The summed E-state index contributed by atoms with van der Waals surface area (Å²) in [4.78, 5) is 4.30. The molecule has 1 aromatic carbocycles. The molecule has 0 amide bonds. The van der Waals surface area contributed by atoms with Gasteiger partial charge in [0.1, 0.15) is 0 Å². The van der Waals surface area contributed by atoms with Gasteiger partial charge in [0.15, 0.2) is 0 Å². The summed E-state index contributed by atoms with van der Waals surface area (Å²) >= 11 is 5.73. The fraction of sp³-hybridized carbons (Fsp3) is 0.300. The van der Waals surface area contributed by atoms with E-state index in [1.165, 1.54) is 11.1 Å². The topological polar surface area (TPSA) is 12.4 Å². The van der Waals surface area contributed by atoms with E-state index >= 15 is 0 Å². The maximum absolute atomic E-state index is 5.73. The summed E-state index contributed by atoms with van der Waals surface area (Å²) in [6.45, 7) is 0. The molecule has 0 atom stereocenters. The Morgan fingerprint density at radius 3 is 3.17 bits per heavy atom. The Morgan fingerprint density at radius 1 is 1.42 bits per heavy atom. The number of benzene rings is 1. The third-order valence-corrected chi connectivity index (χ3v) is 2.38. The van der Waals surface area contributed by atoms with Crippen molar-refractivity contribution in [2.45, 2.75) is 18.7 Å². The average molecular weight is 180 g/mol. The molecular weight excluding hydrogens is 170 g/mol. The van der Waals surface area contributed by atoms with E-state index in [0.717, 1.165) is 18.5 Å². The first kappa shape index (κ1) is 7.81. The molecule has 62 valence electrons. The van der Waals surface area contributed by atoms with Crippen LogP contribution in [-0.2, 0) is 12.3 Å². The van der Waals surface area contributed by atoms with Gasteiger partial charge in [-0.25, -0.2) is 0 Å². The van der Waals surface area contributed by atoms with Gasteiger partial charge >= 0.3 is 0 Å². The van der Waals surface area contributed by atoms with Crippen molar-refractivity contribution in [3.05, 3.63) is 29.3 Å². The average Bonchev–Trinajstić information content (AvgIpc) is 2.17. The van der Waals surface area contributed by atoms with Gasteiger partial charge in [0.2, 0.25) is 0 Å². The first-order chi connectivity index (χ1) is 5.90. The highest BCUT2D eigenvalue weighted by Crippen LogP contribution is 2.25. The third kappa shape index (κ3) is 1.37. The van der Waals surface area contributed by atoms with Crippen LogP contribution in [0.2, 0.25) is 0 Å². The van der Waals surface area contributed by atoms with E-state index in [-0.39, 0.29) is 0 Å². The highest BCUT2D eigenvalue weighted by molar-refractivity contribution is 6.17. The minimum absolute atomic E-state index is 0.594. The van der Waals surface area contributed by atoms with Crippen molar-refractivity contribution < 1.29 is 0 Å². The fourth-order valence-corrected chi connectivity index (χ4v) is 1.60. The minimum Gasteiger partial charge on any atom is -0.261 e. The summed E-state index contributed by atoms with van der Waals surface area (Å²) < 4.78 is 0. The summed E-state index contributed by atoms with van der Waals surface area (Å²) in [5.41, 5.74) is 3.62. The number of hydrogen-bond acceptors (Lipinski definition) is 1. The predicted octanol–water partition coefficient (Wildman–Crippen LogP) is 3.07. The zero-order valence-electron chi connectivity index (χ0n) is 6.76. The van der Waals surface area contributed by atoms with E-state index in [4.69, 9.17) is 11.6 Å². The molecule has 2 rings (SSSR count). The molecule has 1 nitrogen and oxygen atoms in total. The summed E-state index contributed by atoms with van der Waals surface area (Å²) in [5, 5.41) is 0. The molecule has 0 fully saturated rings. The first-order valence-corrected chi connectivity index (χ1v) is 4.64. The Hall–Kier alpha value is -0.820. The van der Waals surface area contributed by atoms with Crippen molar-refractivity contribution in [3.63, 3.8) is 0 Å². The monoisotopic (exact) mass is 179 g/mol. The quantitative estimate of drug-likeness (QED) is 0.588. The lowest BCUT2D eigenvalue weighted by Crippen LogP contribution is -1.94. The standard InChI is InChI=1S/C10H10ClN/c11-7-8-3-4-10-9(6-8)2-1-5-12-10/h3-6H,1-2,7H2. The second-order valence-electron chi connectivity index (χ2n) is 2.95. The Balaban J connectivity index is 2.44. The van der Waals surface area contributed by atoms with Crippen molar-refractivity contribution in [1.82, 2.24) is 0 Å². The lowest BCUT2D eigenvalue weighted by molar-refractivity contribution is 1.02. The Morgan fingerprint density at radius 2 is 2.33 bits per heavy atom. The molecule has 0 N–H and O–H groups in total. The summed E-state index contributed by atoms with van der Waals surface area (Å²) in [6, 6.07) is 6.23. The number of halogens is 1. The molecule has 0 saturated carbocycles. The van der Waals surface area contributed by atoms with Gasteiger partial charge < -0.3 is 0 Å². The number of aryl methyl sites for hydroxylation is 1. The van der Waals surface area contributed by atoms with Crippen LogP contribution in [0.25, 0.3) is 0 Å². The molecule has 0 saturated heterocycles. The van der Waals surface area contributed by atoms with E-state index in [2.05, 4.69) is 11.1 Å². The Labute approximate surface area is 77.1 Å². The number of aliphatic imine (C=N–C) groups is 1. The molecule has 0 bridgehead atoms. The zero-order chi connectivity index (χ0) is 8.39. The van der Waals surface area contributed by atoms with Gasteiger partial charge in [0, 0.05) is 12.1 Å². The smallest absolute Gasteiger partial charge is 0.0657 e. The zero-order valence-corrected chi connectivity index (χ0v) is 7.51. The van der Waals surface area contributed by atoms with Crippen LogP contribution in [0, 0.1) is 0 Å². The predicted molar refractivity (Wildman–Crippen MR) is 52.5 cm³/mol. The Bertz CT molecular complexity index is 318. The highest BCUT2D eigenvalue weighted by atomic mass is 35.5. The molecule has 1 aromatic rings. The second-order valence-corrected chi connectivity index (χ2v) is 3.21. The summed E-state index contributed by atoms with van der Waals surface area (Å²) in [5.74, 6) is 0.594. The SMILES string of the molecule is ClCc1ccc2c(c1)CCC=N2. The van der Waals surface area contributed by atoms with Crippen LogP contribution in [0.3, 0.4) is 0 Å². The lowest BCUT2D eigenvalue weighted by atomic mass is 10.0. The van der Waals surface area contributed by atoms with Crippen molar-refractivity contribution in [2.75, 3.05) is 0 Å². The normalized spacial score (nSPS) is 14.4. The van der Waals surface area contributed by atoms with Crippen LogP contribution in [0.15, 0.2) is 23.2 Å². The van der Waals surface area contributed by atoms with Gasteiger partial charge in [-0.15, -0.1) is 11.6 Å². The molecule has 0 aliphatic carbocycles. The van der Waals surface area contributed by atoms with Gasteiger partial charge in [0.05, 0.1) is 5.69 Å². The number of alkyl halides is 1. The van der Waals surface area contributed by atoms with E-state index in [1.54, 1.807) is 0 Å². The molecule has 12 heavy (non-hydrogen) atoms. The van der Waals surface area contributed by atoms with Crippen LogP contribution < -0.4 is 0 Å². The summed E-state index contributed by atoms with van der Waals surface area (Å²) in [6.07, 6.45) is 4.13. The molecule has 0 aromatic heterocycles. The molecule has 0 radical (unpaired) electrons. The fourth-order valence-electron chi connectivity index (χ4n) is 1.43. The third-order valence-electron chi connectivity index (χ3n) is 2.07. The molecule has 2 heteroatoms. The van der Waals surface area contributed by atoms with E-state index in [1.807, 2.05) is 18.3 Å². The molecule has 0 spiro atoms. The number of fused-ring (bicyclic) bond motifs is 1. The number of rotatable bonds is 1. The van der Waals surface area contributed by atoms with Crippen LogP contribution in [0.1, 0.15) is 17.5 Å². The molecule has 1 aliphatic rings. The molecule has 1 heterocycles. The highest BCUT2D eigenvalue weighted by Gasteiger charge is 2.05. The second kappa shape index (κ2) is 3.28. The summed E-state index contributed by atoms with van der Waals surface area (Å²) in [7, 11) is 0. The van der Waals surface area contributed by atoms with Gasteiger partial charge in [-0.2, -0.15) is 0 Å². The van der Waals surface area contributed by atoms with Crippen LogP contribution in [0.4, 0.5) is 5.69 Å². The lowest BCUT2D eigenvalue weighted by Gasteiger charge is -2.09. The van der Waals surface area contributed by atoms with Crippen molar-refractivity contribution >= 4 is 23.5 Å². The van der Waals surface area contributed by atoms with Crippen molar-refractivity contribution in [2.24, 2.45) is 4.99 Å². The number of nitrogens with zero attached hydrogens (tertiary/aromatic N) is 1. The van der Waals surface area contributed by atoms with E-state index in [0.29, 0.717) is 5.88 Å². The van der Waals surface area contributed by atoms with Crippen LogP contribution in [-0.4, -0.2) is 6.21 Å². The maximum atomic E-state index is 5.73. The van der Waals surface area contributed by atoms with E-state index in [9.17, 15) is 0 Å². The molecule has 0 unspecified atom stereocenters. The van der Waals surface area contributed by atoms with Gasteiger partial charge in [-0.05, 0) is 30.0 Å². The van der Waals surface area contributed by atoms with Crippen molar-refractivity contribution in [3.8, 4) is 0 Å². The van der Waals surface area contributed by atoms with Crippen LogP contribution >= 0.6 is 11.6 Å². The maximum Gasteiger partial charge on any atom is 0.0657 e. The van der Waals surface area contributed by atoms with Gasteiger partial charge in [0.25, 0.3) is 0 Å². The van der Waals surface area contributed by atoms with Gasteiger partial charge in [-0.1, -0.05) is 12.1 Å². The largest absolute Gasteiger partial charge is 0.261 e. The first-order valence-electron chi connectivity index (χ1n) is 4.10. The van der Waals surface area contributed by atoms with Crippen LogP contribution in [0.5, 0.6) is 0 Å². The van der Waals surface area contributed by atoms with Gasteiger partial charge in [-0.3, -0.25) is 4.99 Å². The Kier molecular flexibility index (Phi) is 2.13. The minimum atomic E-state index is 0.594.